The lowest BCUT2D eigenvalue weighted by Crippen LogP contribution is -2.35. The van der Waals surface area contributed by atoms with E-state index in [4.69, 9.17) is 16.4 Å². The van der Waals surface area contributed by atoms with Gasteiger partial charge in [-0.3, -0.25) is 4.79 Å². The van der Waals surface area contributed by atoms with Gasteiger partial charge >= 0.3 is 0 Å². The maximum Gasteiger partial charge on any atom is 0.264 e. The molecule has 1 aromatic carbocycles. The maximum atomic E-state index is 13.7. The first-order chi connectivity index (χ1) is 9.13. The van der Waals surface area contributed by atoms with E-state index in [1.165, 1.54) is 12.1 Å². The summed E-state index contributed by atoms with van der Waals surface area (Å²) in [6.45, 7) is 2.53. The SMILES string of the molecule is CCCNC(=O)C1CC(c2c(F)cccc2Cl)=NO1. The number of oxime groups is 1. The van der Waals surface area contributed by atoms with Crippen molar-refractivity contribution in [1.82, 2.24) is 5.32 Å². The minimum atomic E-state index is -0.711. The van der Waals surface area contributed by atoms with Crippen molar-refractivity contribution in [2.75, 3.05) is 6.54 Å². The van der Waals surface area contributed by atoms with Crippen LogP contribution >= 0.6 is 11.6 Å². The highest BCUT2D eigenvalue weighted by Gasteiger charge is 2.30. The number of benzene rings is 1. The number of nitrogens with zero attached hydrogens (tertiary/aromatic N) is 1. The Balaban J connectivity index is 2.08. The molecule has 0 saturated heterocycles. The van der Waals surface area contributed by atoms with E-state index in [0.29, 0.717) is 12.3 Å². The van der Waals surface area contributed by atoms with Crippen molar-refractivity contribution in [3.8, 4) is 0 Å². The van der Waals surface area contributed by atoms with E-state index in [1.54, 1.807) is 6.07 Å². The van der Waals surface area contributed by atoms with Crippen LogP contribution in [0.15, 0.2) is 23.4 Å². The van der Waals surface area contributed by atoms with E-state index >= 15 is 0 Å². The Morgan fingerprint density at radius 3 is 3.11 bits per heavy atom. The van der Waals surface area contributed by atoms with Crippen LogP contribution in [0.5, 0.6) is 0 Å². The third-order valence-electron chi connectivity index (χ3n) is 2.76. The van der Waals surface area contributed by atoms with Crippen molar-refractivity contribution < 1.29 is 14.0 Å². The zero-order valence-corrected chi connectivity index (χ0v) is 11.2. The van der Waals surface area contributed by atoms with E-state index in [9.17, 15) is 9.18 Å². The summed E-state index contributed by atoms with van der Waals surface area (Å²) in [4.78, 5) is 16.8. The molecule has 1 aliphatic heterocycles. The average molecular weight is 285 g/mol. The Labute approximate surface area is 115 Å². The molecule has 0 aromatic heterocycles. The predicted molar refractivity (Wildman–Crippen MR) is 70.7 cm³/mol. The maximum absolute atomic E-state index is 13.7. The molecular weight excluding hydrogens is 271 g/mol. The van der Waals surface area contributed by atoms with Crippen molar-refractivity contribution in [1.29, 1.82) is 0 Å². The molecule has 0 saturated carbocycles. The van der Waals surface area contributed by atoms with Crippen molar-refractivity contribution in [3.05, 3.63) is 34.6 Å². The van der Waals surface area contributed by atoms with Crippen LogP contribution in [0, 0.1) is 5.82 Å². The lowest BCUT2D eigenvalue weighted by molar-refractivity contribution is -0.131. The lowest BCUT2D eigenvalue weighted by atomic mass is 10.0. The van der Waals surface area contributed by atoms with Crippen LogP contribution in [-0.2, 0) is 9.63 Å². The van der Waals surface area contributed by atoms with E-state index in [-0.39, 0.29) is 22.9 Å². The van der Waals surface area contributed by atoms with Crippen molar-refractivity contribution in [3.63, 3.8) is 0 Å². The lowest BCUT2D eigenvalue weighted by Gasteiger charge is -2.08. The summed E-state index contributed by atoms with van der Waals surface area (Å²) < 4.78 is 13.7. The highest BCUT2D eigenvalue weighted by molar-refractivity contribution is 6.34. The summed E-state index contributed by atoms with van der Waals surface area (Å²) in [6.07, 6.45) is 0.346. The minimum absolute atomic E-state index is 0.204. The fourth-order valence-corrected chi connectivity index (χ4v) is 2.07. The Bertz CT molecular complexity index is 499. The second-order valence-corrected chi connectivity index (χ2v) is 4.63. The standard InChI is InChI=1S/C13H14ClFN2O2/c1-2-6-16-13(18)11-7-10(17-19-11)12-8(14)4-3-5-9(12)15/h3-5,11H,2,6-7H2,1H3,(H,16,18). The van der Waals surface area contributed by atoms with Gasteiger partial charge in [0.05, 0.1) is 16.3 Å². The first-order valence-corrected chi connectivity index (χ1v) is 6.46. The van der Waals surface area contributed by atoms with Gasteiger partial charge in [-0.1, -0.05) is 29.7 Å². The molecule has 1 heterocycles. The van der Waals surface area contributed by atoms with Crippen LogP contribution in [0.4, 0.5) is 4.39 Å². The van der Waals surface area contributed by atoms with Crippen LogP contribution in [-0.4, -0.2) is 24.3 Å². The largest absolute Gasteiger partial charge is 0.382 e. The topological polar surface area (TPSA) is 50.7 Å². The van der Waals surface area contributed by atoms with Gasteiger partial charge in [0.2, 0.25) is 6.10 Å². The molecule has 1 N–H and O–H groups in total. The van der Waals surface area contributed by atoms with Crippen LogP contribution in [0.25, 0.3) is 0 Å². The molecule has 1 unspecified atom stereocenters. The van der Waals surface area contributed by atoms with Gasteiger partial charge in [-0.25, -0.2) is 4.39 Å². The van der Waals surface area contributed by atoms with Crippen LogP contribution in [0.2, 0.25) is 5.02 Å². The highest BCUT2D eigenvalue weighted by atomic mass is 35.5. The number of nitrogens with one attached hydrogen (secondary N) is 1. The molecule has 0 radical (unpaired) electrons. The second-order valence-electron chi connectivity index (χ2n) is 4.22. The number of rotatable bonds is 4. The molecule has 4 nitrogen and oxygen atoms in total. The first-order valence-electron chi connectivity index (χ1n) is 6.08. The van der Waals surface area contributed by atoms with Crippen molar-refractivity contribution >= 4 is 23.2 Å². The third-order valence-corrected chi connectivity index (χ3v) is 3.08. The normalized spacial score (nSPS) is 17.8. The molecule has 6 heteroatoms. The summed E-state index contributed by atoms with van der Waals surface area (Å²) in [5.41, 5.74) is 0.565. The van der Waals surface area contributed by atoms with Gasteiger partial charge in [-0.2, -0.15) is 0 Å². The Hall–Kier alpha value is -1.62. The van der Waals surface area contributed by atoms with E-state index in [2.05, 4.69) is 10.5 Å². The Morgan fingerprint density at radius 1 is 1.63 bits per heavy atom. The number of halogens is 2. The smallest absolute Gasteiger partial charge is 0.264 e. The average Bonchev–Trinajstić information content (AvgIpc) is 2.85. The van der Waals surface area contributed by atoms with Gasteiger partial charge in [0, 0.05) is 13.0 Å². The monoisotopic (exact) mass is 284 g/mol. The van der Waals surface area contributed by atoms with Gasteiger partial charge < -0.3 is 10.2 Å². The summed E-state index contributed by atoms with van der Waals surface area (Å²) in [6, 6.07) is 4.39. The molecule has 2 rings (SSSR count). The van der Waals surface area contributed by atoms with Crippen molar-refractivity contribution in [2.24, 2.45) is 5.16 Å². The van der Waals surface area contributed by atoms with Crippen molar-refractivity contribution in [2.45, 2.75) is 25.9 Å². The summed E-state index contributed by atoms with van der Waals surface area (Å²) in [7, 11) is 0. The quantitative estimate of drug-likeness (QED) is 0.923. The molecule has 102 valence electrons. The number of hydrogen-bond donors (Lipinski definition) is 1. The molecule has 0 fully saturated rings. The van der Waals surface area contributed by atoms with Gasteiger partial charge in [0.15, 0.2) is 0 Å². The number of amides is 1. The molecule has 1 aliphatic rings. The molecule has 0 spiro atoms. The first kappa shape index (κ1) is 13.8. The fourth-order valence-electron chi connectivity index (χ4n) is 1.80. The van der Waals surface area contributed by atoms with E-state index in [1.807, 2.05) is 6.92 Å². The number of carbonyl (C=O) groups excluding carboxylic acids is 1. The van der Waals surface area contributed by atoms with Crippen LogP contribution in [0.1, 0.15) is 25.3 Å². The minimum Gasteiger partial charge on any atom is -0.382 e. The summed E-state index contributed by atoms with van der Waals surface area (Å²) in [5.74, 6) is -0.711. The Kier molecular flexibility index (Phi) is 4.37. The number of hydrogen-bond acceptors (Lipinski definition) is 3. The van der Waals surface area contributed by atoms with Gasteiger partial charge in [0.1, 0.15) is 5.82 Å². The molecule has 0 bridgehead atoms. The van der Waals surface area contributed by atoms with Gasteiger partial charge in [0.25, 0.3) is 5.91 Å². The van der Waals surface area contributed by atoms with Crippen LogP contribution in [0.3, 0.4) is 0 Å². The van der Waals surface area contributed by atoms with Gasteiger partial charge in [-0.05, 0) is 18.6 Å². The zero-order chi connectivity index (χ0) is 13.8. The summed E-state index contributed by atoms with van der Waals surface area (Å²) >= 11 is 5.94. The number of carbonyl (C=O) groups is 1. The fraction of sp³-hybridized carbons (Fsp3) is 0.385. The van der Waals surface area contributed by atoms with Crippen LogP contribution < -0.4 is 5.32 Å². The molecule has 1 atom stereocenters. The van der Waals surface area contributed by atoms with E-state index < -0.39 is 11.9 Å². The third kappa shape index (κ3) is 3.04. The summed E-state index contributed by atoms with van der Waals surface area (Å²) in [5, 5.41) is 6.74. The molecule has 0 aliphatic carbocycles. The zero-order valence-electron chi connectivity index (χ0n) is 10.5. The highest BCUT2D eigenvalue weighted by Crippen LogP contribution is 2.25. The molecule has 1 aromatic rings. The molecular formula is C13H14ClFN2O2. The molecule has 1 amide bonds. The second kappa shape index (κ2) is 6.02. The predicted octanol–water partition coefficient (Wildman–Crippen LogP) is 2.50. The molecule has 19 heavy (non-hydrogen) atoms. The van der Waals surface area contributed by atoms with Gasteiger partial charge in [-0.15, -0.1) is 0 Å². The Morgan fingerprint density at radius 2 is 2.42 bits per heavy atom. The van der Waals surface area contributed by atoms with E-state index in [0.717, 1.165) is 6.42 Å².